The average molecular weight is 367 g/mol. The van der Waals surface area contributed by atoms with Gasteiger partial charge in [-0.05, 0) is 19.3 Å². The molecule has 4 rings (SSSR count). The number of nitrogens with zero attached hydrogens (tertiary/aromatic N) is 2. The van der Waals surface area contributed by atoms with E-state index in [1.165, 1.54) is 0 Å². The Morgan fingerprint density at radius 2 is 2.07 bits per heavy atom. The molecule has 2 aromatic rings. The fourth-order valence-electron chi connectivity index (χ4n) is 4.12. The SMILES string of the molecule is CNC(=O)[C@@]1(Cc2cc(-c3ccccc3)no2)CCN(C(=O)C2CCC2)C1. The lowest BCUT2D eigenvalue weighted by Gasteiger charge is -2.31. The van der Waals surface area contributed by atoms with Crippen molar-refractivity contribution in [3.8, 4) is 11.3 Å². The molecule has 0 spiro atoms. The summed E-state index contributed by atoms with van der Waals surface area (Å²) in [5, 5.41) is 6.95. The Balaban J connectivity index is 1.52. The normalized spacial score (nSPS) is 22.5. The fourth-order valence-corrected chi connectivity index (χ4v) is 4.12. The second kappa shape index (κ2) is 7.18. The first kappa shape index (κ1) is 17.8. The molecule has 2 heterocycles. The highest BCUT2D eigenvalue weighted by Crippen LogP contribution is 2.38. The van der Waals surface area contributed by atoms with Gasteiger partial charge in [0.15, 0.2) is 0 Å². The number of rotatable bonds is 5. The maximum Gasteiger partial charge on any atom is 0.228 e. The van der Waals surface area contributed by atoms with Gasteiger partial charge in [-0.2, -0.15) is 0 Å². The minimum atomic E-state index is -0.651. The summed E-state index contributed by atoms with van der Waals surface area (Å²) >= 11 is 0. The topological polar surface area (TPSA) is 75.4 Å². The van der Waals surface area contributed by atoms with Gasteiger partial charge in [-0.3, -0.25) is 9.59 Å². The molecule has 6 nitrogen and oxygen atoms in total. The van der Waals surface area contributed by atoms with Crippen LogP contribution in [0.4, 0.5) is 0 Å². The van der Waals surface area contributed by atoms with E-state index < -0.39 is 5.41 Å². The van der Waals surface area contributed by atoms with Crippen LogP contribution in [0.3, 0.4) is 0 Å². The van der Waals surface area contributed by atoms with Crippen molar-refractivity contribution in [1.82, 2.24) is 15.4 Å². The molecular formula is C21H25N3O3. The van der Waals surface area contributed by atoms with E-state index in [1.54, 1.807) is 7.05 Å². The van der Waals surface area contributed by atoms with Crippen molar-refractivity contribution < 1.29 is 14.1 Å². The van der Waals surface area contributed by atoms with E-state index in [0.717, 1.165) is 30.5 Å². The van der Waals surface area contributed by atoms with Gasteiger partial charge < -0.3 is 14.7 Å². The number of hydrogen-bond donors (Lipinski definition) is 1. The van der Waals surface area contributed by atoms with Crippen molar-refractivity contribution in [2.45, 2.75) is 32.1 Å². The van der Waals surface area contributed by atoms with E-state index in [9.17, 15) is 9.59 Å². The lowest BCUT2D eigenvalue weighted by Crippen LogP contribution is -2.45. The van der Waals surface area contributed by atoms with Crippen LogP contribution in [0.1, 0.15) is 31.4 Å². The third kappa shape index (κ3) is 3.36. The number of aromatic nitrogens is 1. The van der Waals surface area contributed by atoms with E-state index in [0.29, 0.717) is 31.7 Å². The second-order valence-electron chi connectivity index (χ2n) is 7.72. The molecule has 142 valence electrons. The summed E-state index contributed by atoms with van der Waals surface area (Å²) in [7, 11) is 1.65. The van der Waals surface area contributed by atoms with Crippen LogP contribution in [-0.2, 0) is 16.0 Å². The van der Waals surface area contributed by atoms with Crippen molar-refractivity contribution in [3.05, 3.63) is 42.2 Å². The predicted molar refractivity (Wildman–Crippen MR) is 101 cm³/mol. The molecule has 2 aliphatic rings. The monoisotopic (exact) mass is 367 g/mol. The molecule has 1 aliphatic carbocycles. The number of likely N-dealkylation sites (tertiary alicyclic amines) is 1. The molecule has 6 heteroatoms. The van der Waals surface area contributed by atoms with Crippen LogP contribution in [0.15, 0.2) is 40.9 Å². The molecular weight excluding hydrogens is 342 g/mol. The van der Waals surface area contributed by atoms with Crippen LogP contribution in [0.25, 0.3) is 11.3 Å². The molecule has 0 bridgehead atoms. The molecule has 1 aliphatic heterocycles. The summed E-state index contributed by atoms with van der Waals surface area (Å²) in [6.07, 6.45) is 4.17. The number of amides is 2. The molecule has 0 radical (unpaired) electrons. The summed E-state index contributed by atoms with van der Waals surface area (Å²) < 4.78 is 5.54. The zero-order valence-corrected chi connectivity index (χ0v) is 15.6. The highest BCUT2D eigenvalue weighted by Gasteiger charge is 2.47. The Morgan fingerprint density at radius 1 is 1.30 bits per heavy atom. The standard InChI is InChI=1S/C21H25N3O3/c1-22-20(26)21(10-11-24(14-21)19(25)16-8-5-9-16)13-17-12-18(23-27-17)15-6-3-2-4-7-15/h2-4,6-7,12,16H,5,8-11,13-14H2,1H3,(H,22,26)/t21-/m1/s1. The molecule has 1 saturated heterocycles. The van der Waals surface area contributed by atoms with Crippen LogP contribution >= 0.6 is 0 Å². The van der Waals surface area contributed by atoms with E-state index in [1.807, 2.05) is 41.3 Å². The Labute approximate surface area is 158 Å². The number of carbonyl (C=O) groups is 2. The minimum Gasteiger partial charge on any atom is -0.361 e. The number of benzene rings is 1. The highest BCUT2D eigenvalue weighted by atomic mass is 16.5. The minimum absolute atomic E-state index is 0.0379. The van der Waals surface area contributed by atoms with Gasteiger partial charge in [0.25, 0.3) is 0 Å². The average Bonchev–Trinajstić information content (AvgIpc) is 3.29. The highest BCUT2D eigenvalue weighted by molar-refractivity contribution is 5.86. The van der Waals surface area contributed by atoms with Gasteiger partial charge in [0.05, 0.1) is 5.41 Å². The summed E-state index contributed by atoms with van der Waals surface area (Å²) in [6, 6.07) is 11.7. The van der Waals surface area contributed by atoms with E-state index in [4.69, 9.17) is 4.52 Å². The number of nitrogens with one attached hydrogen (secondary N) is 1. The molecule has 1 atom stereocenters. The summed E-state index contributed by atoms with van der Waals surface area (Å²) in [5.41, 5.74) is 1.09. The Bertz CT molecular complexity index is 828. The maximum absolute atomic E-state index is 12.7. The summed E-state index contributed by atoms with van der Waals surface area (Å²) in [5.74, 6) is 0.995. The molecule has 0 unspecified atom stereocenters. The third-order valence-corrected chi connectivity index (χ3v) is 5.97. The number of hydrogen-bond acceptors (Lipinski definition) is 4. The maximum atomic E-state index is 12.7. The van der Waals surface area contributed by atoms with Crippen LogP contribution in [0.5, 0.6) is 0 Å². The first-order valence-corrected chi connectivity index (χ1v) is 9.63. The van der Waals surface area contributed by atoms with Crippen LogP contribution in [0.2, 0.25) is 0 Å². The zero-order valence-electron chi connectivity index (χ0n) is 15.6. The van der Waals surface area contributed by atoms with Crippen molar-refractivity contribution in [2.24, 2.45) is 11.3 Å². The van der Waals surface area contributed by atoms with Crippen LogP contribution < -0.4 is 5.32 Å². The Hall–Kier alpha value is -2.63. The van der Waals surface area contributed by atoms with Crippen molar-refractivity contribution >= 4 is 11.8 Å². The molecule has 27 heavy (non-hydrogen) atoms. The van der Waals surface area contributed by atoms with Crippen molar-refractivity contribution in [3.63, 3.8) is 0 Å². The molecule has 1 saturated carbocycles. The molecule has 1 N–H and O–H groups in total. The number of carbonyl (C=O) groups excluding carboxylic acids is 2. The van der Waals surface area contributed by atoms with Gasteiger partial charge in [-0.15, -0.1) is 0 Å². The predicted octanol–water partition coefficient (Wildman–Crippen LogP) is 2.65. The molecule has 2 fully saturated rings. The Morgan fingerprint density at radius 3 is 2.74 bits per heavy atom. The largest absolute Gasteiger partial charge is 0.361 e. The lowest BCUT2D eigenvalue weighted by molar-refractivity contribution is -0.138. The van der Waals surface area contributed by atoms with Gasteiger partial charge >= 0.3 is 0 Å². The molecule has 1 aromatic heterocycles. The van der Waals surface area contributed by atoms with Gasteiger partial charge in [0.2, 0.25) is 11.8 Å². The first-order chi connectivity index (χ1) is 13.1. The van der Waals surface area contributed by atoms with Crippen molar-refractivity contribution in [1.29, 1.82) is 0 Å². The fraction of sp³-hybridized carbons (Fsp3) is 0.476. The second-order valence-corrected chi connectivity index (χ2v) is 7.72. The summed E-state index contributed by atoms with van der Waals surface area (Å²) in [6.45, 7) is 1.08. The lowest BCUT2D eigenvalue weighted by atomic mass is 9.81. The molecule has 1 aromatic carbocycles. The van der Waals surface area contributed by atoms with E-state index in [2.05, 4.69) is 10.5 Å². The smallest absolute Gasteiger partial charge is 0.228 e. The van der Waals surface area contributed by atoms with E-state index in [-0.39, 0.29) is 17.7 Å². The quantitative estimate of drug-likeness (QED) is 0.881. The van der Waals surface area contributed by atoms with Gasteiger partial charge in [0.1, 0.15) is 11.5 Å². The molecule has 2 amide bonds. The van der Waals surface area contributed by atoms with Crippen LogP contribution in [-0.4, -0.2) is 42.0 Å². The zero-order chi connectivity index (χ0) is 18.9. The van der Waals surface area contributed by atoms with Gasteiger partial charge in [-0.25, -0.2) is 0 Å². The first-order valence-electron chi connectivity index (χ1n) is 9.63. The Kier molecular flexibility index (Phi) is 4.72. The van der Waals surface area contributed by atoms with Crippen LogP contribution in [0, 0.1) is 11.3 Å². The summed E-state index contributed by atoms with van der Waals surface area (Å²) in [4.78, 5) is 27.2. The van der Waals surface area contributed by atoms with Gasteiger partial charge in [0, 0.05) is 44.1 Å². The third-order valence-electron chi connectivity index (χ3n) is 5.97. The van der Waals surface area contributed by atoms with Crippen molar-refractivity contribution in [2.75, 3.05) is 20.1 Å². The van der Waals surface area contributed by atoms with Gasteiger partial charge in [-0.1, -0.05) is 41.9 Å². The van der Waals surface area contributed by atoms with E-state index >= 15 is 0 Å².